The molecule has 2 amide bonds. The molecule has 8 aromatic rings. The number of nitrogen functional groups attached to an aromatic ring is 1. The molecule has 2 aliphatic heterocycles. The van der Waals surface area contributed by atoms with Gasteiger partial charge in [-0.05, 0) is 137 Å². The summed E-state index contributed by atoms with van der Waals surface area (Å²) in [5.74, 6) is -0.280. The number of carbonyl (C=O) groups is 1. The number of nitrogens with one attached hydrogen (secondary N) is 2. The summed E-state index contributed by atoms with van der Waals surface area (Å²) >= 11 is 0. The van der Waals surface area contributed by atoms with E-state index in [0.29, 0.717) is 36.1 Å². The quantitative estimate of drug-likeness (QED) is 0.137. The predicted molar refractivity (Wildman–Crippen MR) is 259 cm³/mol. The number of hydrogen-bond acceptors (Lipinski definition) is 13. The largest absolute Gasteiger partial charge is 0.381 e. The summed E-state index contributed by atoms with van der Waals surface area (Å²) in [6.45, 7) is 7.32. The van der Waals surface area contributed by atoms with Crippen molar-refractivity contribution in [3.8, 4) is 44.8 Å². The summed E-state index contributed by atoms with van der Waals surface area (Å²) in [5.41, 5.74) is 15.3. The van der Waals surface area contributed by atoms with Crippen molar-refractivity contribution in [2.45, 2.75) is 51.7 Å². The van der Waals surface area contributed by atoms with E-state index in [0.717, 1.165) is 86.9 Å². The van der Waals surface area contributed by atoms with Crippen LogP contribution in [0.1, 0.15) is 37.1 Å². The van der Waals surface area contributed by atoms with E-state index in [4.69, 9.17) is 15.2 Å². The van der Waals surface area contributed by atoms with Crippen molar-refractivity contribution in [1.82, 2.24) is 50.1 Å². The van der Waals surface area contributed by atoms with E-state index in [1.807, 2.05) is 50.2 Å². The summed E-state index contributed by atoms with van der Waals surface area (Å²) in [5, 5.41) is 7.97. The number of rotatable bonds is 7. The molecule has 17 heteroatoms. The van der Waals surface area contributed by atoms with Crippen molar-refractivity contribution in [3.05, 3.63) is 133 Å². The molecule has 0 saturated carbocycles. The first-order valence-electron chi connectivity index (χ1n) is 22.3. The average Bonchev–Trinajstić information content (AvgIpc) is 3.37. The van der Waals surface area contributed by atoms with Gasteiger partial charge in [0.1, 0.15) is 24.3 Å². The summed E-state index contributed by atoms with van der Waals surface area (Å²) in [7, 11) is 3.48. The van der Waals surface area contributed by atoms with E-state index in [1.54, 1.807) is 68.4 Å². The van der Waals surface area contributed by atoms with Crippen LogP contribution < -0.4 is 16.4 Å². The predicted octanol–water partition coefficient (Wildman–Crippen LogP) is 9.01. The minimum atomic E-state index is -0.337. The van der Waals surface area contributed by atoms with Gasteiger partial charge in [-0.15, -0.1) is 0 Å². The molecular formula is C51H52F2N12O3. The third kappa shape index (κ3) is 11.4. The van der Waals surface area contributed by atoms with Crippen molar-refractivity contribution in [1.29, 1.82) is 0 Å². The number of aromatic nitrogens is 8. The lowest BCUT2D eigenvalue weighted by Gasteiger charge is -2.31. The maximum absolute atomic E-state index is 13.6. The Hall–Kier alpha value is -7.47. The Morgan fingerprint density at radius 3 is 1.60 bits per heavy atom. The first-order valence-corrected chi connectivity index (χ1v) is 22.3. The number of methoxy groups -OCH3 is 2. The summed E-state index contributed by atoms with van der Waals surface area (Å²) < 4.78 is 37.4. The molecule has 4 aromatic carbocycles. The summed E-state index contributed by atoms with van der Waals surface area (Å²) in [4.78, 5) is 49.3. The molecule has 0 spiro atoms. The molecule has 4 N–H and O–H groups in total. The fourth-order valence-electron chi connectivity index (χ4n) is 8.12. The molecule has 68 heavy (non-hydrogen) atoms. The van der Waals surface area contributed by atoms with Crippen LogP contribution in [0.5, 0.6) is 0 Å². The molecule has 2 saturated heterocycles. The van der Waals surface area contributed by atoms with E-state index >= 15 is 0 Å². The van der Waals surface area contributed by atoms with Gasteiger partial charge in [0.15, 0.2) is 0 Å². The van der Waals surface area contributed by atoms with Crippen LogP contribution in [0, 0.1) is 25.5 Å². The van der Waals surface area contributed by atoms with Crippen LogP contribution in [0.3, 0.4) is 0 Å². The third-order valence-corrected chi connectivity index (χ3v) is 12.0. The Morgan fingerprint density at radius 1 is 0.632 bits per heavy atom. The fraction of sp³-hybridized carbons (Fsp3) is 0.275. The molecule has 2 aliphatic rings. The number of nitrogens with zero attached hydrogens (tertiary/aromatic N) is 9. The molecule has 0 bridgehead atoms. The van der Waals surface area contributed by atoms with Crippen LogP contribution in [0.15, 0.2) is 110 Å². The lowest BCUT2D eigenvalue weighted by Crippen LogP contribution is -2.43. The minimum Gasteiger partial charge on any atom is -0.381 e. The highest BCUT2D eigenvalue weighted by Crippen LogP contribution is 2.34. The Morgan fingerprint density at radius 2 is 1.10 bits per heavy atom. The van der Waals surface area contributed by atoms with Gasteiger partial charge in [-0.25, -0.2) is 53.4 Å². The highest BCUT2D eigenvalue weighted by atomic mass is 19.1. The van der Waals surface area contributed by atoms with Gasteiger partial charge in [0, 0.05) is 84.1 Å². The monoisotopic (exact) mass is 918 g/mol. The topological polar surface area (TPSA) is 192 Å². The first-order chi connectivity index (χ1) is 33.1. The number of benzene rings is 4. The molecule has 0 radical (unpaired) electrons. The molecule has 15 nitrogen and oxygen atoms in total. The number of amides is 2. The van der Waals surface area contributed by atoms with Gasteiger partial charge in [-0.2, -0.15) is 0 Å². The second-order valence-electron chi connectivity index (χ2n) is 16.4. The van der Waals surface area contributed by atoms with Crippen LogP contribution in [-0.2, 0) is 9.47 Å². The summed E-state index contributed by atoms with van der Waals surface area (Å²) in [6, 6.07) is 23.8. The zero-order valence-electron chi connectivity index (χ0n) is 38.3. The van der Waals surface area contributed by atoms with E-state index in [2.05, 4.69) is 50.5 Å². The zero-order chi connectivity index (χ0) is 47.6. The Bertz CT molecular complexity index is 3000. The van der Waals surface area contributed by atoms with Gasteiger partial charge in [0.05, 0.1) is 34.6 Å². The molecule has 348 valence electrons. The number of piperidine rings is 2. The maximum Gasteiger partial charge on any atom is 0.324 e. The van der Waals surface area contributed by atoms with Crippen LogP contribution in [-0.4, -0.2) is 103 Å². The van der Waals surface area contributed by atoms with Crippen molar-refractivity contribution in [2.24, 2.45) is 0 Å². The van der Waals surface area contributed by atoms with Crippen molar-refractivity contribution < 1.29 is 23.0 Å². The number of halogens is 2. The van der Waals surface area contributed by atoms with Crippen LogP contribution in [0.2, 0.25) is 0 Å². The van der Waals surface area contributed by atoms with Gasteiger partial charge in [-0.3, -0.25) is 5.32 Å². The first kappa shape index (κ1) is 47.0. The van der Waals surface area contributed by atoms with Crippen LogP contribution >= 0.6 is 0 Å². The number of hydrogen-bond donors (Lipinski definition) is 3. The second kappa shape index (κ2) is 21.9. The molecule has 0 atom stereocenters. The Balaban J connectivity index is 0.000000164. The van der Waals surface area contributed by atoms with Crippen molar-refractivity contribution in [3.63, 3.8) is 0 Å². The molecular weight excluding hydrogens is 867 g/mol. The maximum atomic E-state index is 13.6. The molecule has 2 fully saturated rings. The number of nitrogens with two attached hydrogens (primary N) is 1. The van der Waals surface area contributed by atoms with Gasteiger partial charge in [-0.1, -0.05) is 12.1 Å². The highest BCUT2D eigenvalue weighted by molar-refractivity contribution is 5.92. The fourth-order valence-corrected chi connectivity index (χ4v) is 8.12. The lowest BCUT2D eigenvalue weighted by atomic mass is 9.99. The standard InChI is InChI=1S/C26H25FN6O2.C19H14FN5.C6H13NO/c1-16-21-13-18(5-8-23(21)30-15-29-16)22-14-28-25(31-24(22)17-3-6-19(27)7-4-17)32-26(34)33-11-9-20(35-2)10-12-33;1-11-15-8-13(4-7-17(15)24-10-23-11)16-9-22-19(21)25-18(16)12-2-5-14(20)6-3-12;1-8-6-2-4-7-5-3-6/h3-8,13-15,20H,9-12H2,1-2H3,(H,28,31,32,34);2-10H,1H3,(H2,21,22,25);6-7H,2-5H2,1H3. The molecule has 0 unspecified atom stereocenters. The number of carbonyl (C=O) groups excluding carboxylic acids is 1. The van der Waals surface area contributed by atoms with E-state index < -0.39 is 0 Å². The zero-order valence-corrected chi connectivity index (χ0v) is 38.3. The van der Waals surface area contributed by atoms with E-state index in [9.17, 15) is 13.6 Å². The van der Waals surface area contributed by atoms with E-state index in [-0.39, 0.29) is 35.7 Å². The van der Waals surface area contributed by atoms with Crippen molar-refractivity contribution >= 4 is 39.7 Å². The average molecular weight is 919 g/mol. The normalized spacial score (nSPS) is 14.2. The molecule has 6 heterocycles. The smallest absolute Gasteiger partial charge is 0.324 e. The number of aryl methyl sites for hydroxylation is 2. The number of fused-ring (bicyclic) bond motifs is 2. The Labute approximate surface area is 392 Å². The van der Waals surface area contributed by atoms with Gasteiger partial charge in [0.2, 0.25) is 11.9 Å². The van der Waals surface area contributed by atoms with Crippen molar-refractivity contribution in [2.75, 3.05) is 51.4 Å². The number of ether oxygens (including phenoxy) is 2. The Kier molecular flexibility index (Phi) is 15.1. The summed E-state index contributed by atoms with van der Waals surface area (Å²) in [6.07, 6.45) is 11.1. The lowest BCUT2D eigenvalue weighted by molar-refractivity contribution is 0.0521. The third-order valence-electron chi connectivity index (χ3n) is 12.0. The van der Waals surface area contributed by atoms with E-state index in [1.165, 1.54) is 37.1 Å². The van der Waals surface area contributed by atoms with Gasteiger partial charge in [0.25, 0.3) is 0 Å². The van der Waals surface area contributed by atoms with Gasteiger partial charge >= 0.3 is 6.03 Å². The molecule has 4 aromatic heterocycles. The molecule has 10 rings (SSSR count). The molecule has 0 aliphatic carbocycles. The number of urea groups is 1. The SMILES string of the molecule is COC1CCN(C(=O)Nc2ncc(-c3ccc4ncnc(C)c4c3)c(-c3ccc(F)cc3)n2)CC1.COC1CCNCC1.Cc1ncnc2ccc(-c3cnc(N)nc3-c3ccc(F)cc3)cc12. The number of likely N-dealkylation sites (tertiary alicyclic amines) is 1. The van der Waals surface area contributed by atoms with Gasteiger partial charge < -0.3 is 25.4 Å². The minimum absolute atomic E-state index is 0.170. The van der Waals surface area contributed by atoms with Crippen LogP contribution in [0.25, 0.3) is 66.6 Å². The number of anilines is 2. The second-order valence-corrected chi connectivity index (χ2v) is 16.4. The highest BCUT2D eigenvalue weighted by Gasteiger charge is 2.24. The van der Waals surface area contributed by atoms with Crippen LogP contribution in [0.4, 0.5) is 25.5 Å².